The minimum Gasteiger partial charge on any atom is -0.370 e. The molecule has 3 aromatic rings. The molecule has 126 valence electrons. The molecule has 7 nitrogen and oxygen atoms in total. The van der Waals surface area contributed by atoms with E-state index in [1.165, 1.54) is 0 Å². The molecule has 0 aliphatic heterocycles. The molecule has 4 rings (SSSR count). The SMILES string of the molecule is NC(N)=NC(=O)c1cnn(-c2cccc3ncccc23)c1C1CCC1. The summed E-state index contributed by atoms with van der Waals surface area (Å²) in [5, 5.41) is 5.47. The van der Waals surface area contributed by atoms with Gasteiger partial charge in [0.25, 0.3) is 5.91 Å². The molecule has 0 bridgehead atoms. The Morgan fingerprint density at radius 1 is 1.20 bits per heavy atom. The molecule has 1 aliphatic carbocycles. The molecule has 1 saturated carbocycles. The summed E-state index contributed by atoms with van der Waals surface area (Å²) in [7, 11) is 0. The molecular formula is C18H18N6O. The standard InChI is InChI=1S/C18H18N6O/c19-18(20)23-17(25)13-10-22-24(16(13)11-4-1-5-11)15-8-2-7-14-12(15)6-3-9-21-14/h2-3,6-11H,1,4-5H2,(H4,19,20,23,25). The van der Waals surface area contributed by atoms with E-state index in [1.807, 2.05) is 35.0 Å². The van der Waals surface area contributed by atoms with Crippen LogP contribution in [0.1, 0.15) is 41.2 Å². The summed E-state index contributed by atoms with van der Waals surface area (Å²) >= 11 is 0. The lowest BCUT2D eigenvalue weighted by molar-refractivity contribution is 0.100. The molecule has 1 fully saturated rings. The van der Waals surface area contributed by atoms with E-state index in [0.717, 1.165) is 41.5 Å². The van der Waals surface area contributed by atoms with Crippen molar-refractivity contribution in [2.75, 3.05) is 0 Å². The number of pyridine rings is 1. The first kappa shape index (κ1) is 15.3. The quantitative estimate of drug-likeness (QED) is 0.562. The van der Waals surface area contributed by atoms with Crippen LogP contribution in [0.2, 0.25) is 0 Å². The highest BCUT2D eigenvalue weighted by atomic mass is 16.1. The van der Waals surface area contributed by atoms with Gasteiger partial charge in [-0.2, -0.15) is 10.1 Å². The predicted molar refractivity (Wildman–Crippen MR) is 95.6 cm³/mol. The molecule has 2 aromatic heterocycles. The van der Waals surface area contributed by atoms with E-state index in [4.69, 9.17) is 11.5 Å². The number of nitrogens with two attached hydrogens (primary N) is 2. The number of aromatic nitrogens is 3. The Hall–Kier alpha value is -3.22. The van der Waals surface area contributed by atoms with Crippen LogP contribution in [-0.4, -0.2) is 26.6 Å². The summed E-state index contributed by atoms with van der Waals surface area (Å²) in [5.74, 6) is -0.416. The zero-order chi connectivity index (χ0) is 17.4. The van der Waals surface area contributed by atoms with Crippen LogP contribution in [-0.2, 0) is 0 Å². The third kappa shape index (κ3) is 2.63. The number of fused-ring (bicyclic) bond motifs is 1. The first-order valence-electron chi connectivity index (χ1n) is 8.21. The number of rotatable bonds is 3. The molecule has 0 radical (unpaired) electrons. The third-order valence-corrected chi connectivity index (χ3v) is 4.61. The average molecular weight is 334 g/mol. The molecule has 0 unspecified atom stereocenters. The second-order valence-corrected chi connectivity index (χ2v) is 6.17. The van der Waals surface area contributed by atoms with E-state index in [9.17, 15) is 4.79 Å². The van der Waals surface area contributed by atoms with Gasteiger partial charge in [-0.3, -0.25) is 9.78 Å². The lowest BCUT2D eigenvalue weighted by Gasteiger charge is -2.27. The molecule has 1 aromatic carbocycles. The summed E-state index contributed by atoms with van der Waals surface area (Å²) in [6.45, 7) is 0. The van der Waals surface area contributed by atoms with Gasteiger partial charge in [-0.15, -0.1) is 0 Å². The fourth-order valence-corrected chi connectivity index (χ4v) is 3.24. The van der Waals surface area contributed by atoms with Gasteiger partial charge in [0.15, 0.2) is 5.96 Å². The number of amides is 1. The monoisotopic (exact) mass is 334 g/mol. The highest BCUT2D eigenvalue weighted by molar-refractivity contribution is 6.02. The molecule has 7 heteroatoms. The Bertz CT molecular complexity index is 977. The minimum atomic E-state index is -0.452. The molecule has 25 heavy (non-hydrogen) atoms. The molecule has 0 saturated heterocycles. The third-order valence-electron chi connectivity index (χ3n) is 4.61. The summed E-state index contributed by atoms with van der Waals surface area (Å²) in [6, 6.07) is 9.77. The van der Waals surface area contributed by atoms with Gasteiger partial charge in [0.2, 0.25) is 0 Å². The number of guanidine groups is 1. The van der Waals surface area contributed by atoms with E-state index in [-0.39, 0.29) is 11.9 Å². The van der Waals surface area contributed by atoms with E-state index < -0.39 is 5.91 Å². The van der Waals surface area contributed by atoms with Crippen molar-refractivity contribution in [2.45, 2.75) is 25.2 Å². The second kappa shape index (κ2) is 6.01. The van der Waals surface area contributed by atoms with Gasteiger partial charge in [-0.05, 0) is 37.1 Å². The predicted octanol–water partition coefficient (Wildman–Crippen LogP) is 2.10. The Morgan fingerprint density at radius 3 is 2.76 bits per heavy atom. The molecule has 2 heterocycles. The van der Waals surface area contributed by atoms with Crippen molar-refractivity contribution in [3.8, 4) is 5.69 Å². The van der Waals surface area contributed by atoms with Crippen LogP contribution < -0.4 is 11.5 Å². The smallest absolute Gasteiger partial charge is 0.283 e. The van der Waals surface area contributed by atoms with Crippen LogP contribution in [0.15, 0.2) is 47.7 Å². The van der Waals surface area contributed by atoms with Crippen molar-refractivity contribution in [1.29, 1.82) is 0 Å². The van der Waals surface area contributed by atoms with E-state index in [1.54, 1.807) is 12.4 Å². The molecule has 1 amide bonds. The Morgan fingerprint density at radius 2 is 2.04 bits per heavy atom. The van der Waals surface area contributed by atoms with Crippen LogP contribution >= 0.6 is 0 Å². The average Bonchev–Trinajstić information content (AvgIpc) is 2.96. The maximum atomic E-state index is 12.4. The van der Waals surface area contributed by atoms with Crippen LogP contribution in [0.25, 0.3) is 16.6 Å². The zero-order valence-corrected chi connectivity index (χ0v) is 13.6. The van der Waals surface area contributed by atoms with Crippen molar-refractivity contribution >= 4 is 22.8 Å². The maximum Gasteiger partial charge on any atom is 0.283 e. The summed E-state index contributed by atoms with van der Waals surface area (Å²) < 4.78 is 1.84. The molecule has 4 N–H and O–H groups in total. The van der Waals surface area contributed by atoms with E-state index in [2.05, 4.69) is 15.1 Å². The summed E-state index contributed by atoms with van der Waals surface area (Å²) in [5.41, 5.74) is 13.8. The number of carbonyl (C=O) groups excluding carboxylic acids is 1. The number of hydrogen-bond acceptors (Lipinski definition) is 3. The van der Waals surface area contributed by atoms with Crippen LogP contribution in [0, 0.1) is 0 Å². The fourth-order valence-electron chi connectivity index (χ4n) is 3.24. The lowest BCUT2D eigenvalue weighted by atomic mass is 9.81. The van der Waals surface area contributed by atoms with Crippen molar-refractivity contribution in [3.63, 3.8) is 0 Å². The van der Waals surface area contributed by atoms with Gasteiger partial charge >= 0.3 is 0 Å². The highest BCUT2D eigenvalue weighted by Crippen LogP contribution is 2.39. The van der Waals surface area contributed by atoms with Crippen LogP contribution in [0.3, 0.4) is 0 Å². The van der Waals surface area contributed by atoms with Gasteiger partial charge in [-0.25, -0.2) is 4.68 Å². The van der Waals surface area contributed by atoms with Gasteiger partial charge in [0, 0.05) is 17.5 Å². The Labute approximate surface area is 144 Å². The van der Waals surface area contributed by atoms with Gasteiger partial charge in [0.05, 0.1) is 28.7 Å². The minimum absolute atomic E-state index is 0.244. The van der Waals surface area contributed by atoms with Crippen LogP contribution in [0.5, 0.6) is 0 Å². The van der Waals surface area contributed by atoms with Gasteiger partial charge in [-0.1, -0.05) is 12.5 Å². The first-order valence-corrected chi connectivity index (χ1v) is 8.21. The molecule has 0 spiro atoms. The van der Waals surface area contributed by atoms with Crippen molar-refractivity contribution in [2.24, 2.45) is 16.5 Å². The Kier molecular flexibility index (Phi) is 3.68. The Balaban J connectivity index is 1.91. The van der Waals surface area contributed by atoms with Crippen molar-refractivity contribution in [3.05, 3.63) is 54.0 Å². The largest absolute Gasteiger partial charge is 0.370 e. The van der Waals surface area contributed by atoms with Gasteiger partial charge in [0.1, 0.15) is 0 Å². The molecule has 0 atom stereocenters. The number of nitrogens with zero attached hydrogens (tertiary/aromatic N) is 4. The van der Waals surface area contributed by atoms with Crippen molar-refractivity contribution < 1.29 is 4.79 Å². The van der Waals surface area contributed by atoms with Crippen LogP contribution in [0.4, 0.5) is 0 Å². The zero-order valence-electron chi connectivity index (χ0n) is 13.6. The maximum absolute atomic E-state index is 12.4. The first-order chi connectivity index (χ1) is 12.1. The summed E-state index contributed by atoms with van der Waals surface area (Å²) in [4.78, 5) is 20.5. The number of carbonyl (C=O) groups is 1. The van der Waals surface area contributed by atoms with E-state index in [0.29, 0.717) is 5.56 Å². The van der Waals surface area contributed by atoms with E-state index >= 15 is 0 Å². The topological polar surface area (TPSA) is 112 Å². The van der Waals surface area contributed by atoms with Gasteiger partial charge < -0.3 is 11.5 Å². The normalized spacial score (nSPS) is 14.2. The molecular weight excluding hydrogens is 316 g/mol. The summed E-state index contributed by atoms with van der Waals surface area (Å²) in [6.07, 6.45) is 6.50. The highest BCUT2D eigenvalue weighted by Gasteiger charge is 2.30. The number of aliphatic imine (C=N–C) groups is 1. The fraction of sp³-hybridized carbons (Fsp3) is 0.222. The number of hydrogen-bond donors (Lipinski definition) is 2. The second-order valence-electron chi connectivity index (χ2n) is 6.17. The van der Waals surface area contributed by atoms with Crippen molar-refractivity contribution in [1.82, 2.24) is 14.8 Å². The molecule has 1 aliphatic rings. The number of benzene rings is 1. The lowest BCUT2D eigenvalue weighted by Crippen LogP contribution is -2.25.